The van der Waals surface area contributed by atoms with E-state index in [-0.39, 0.29) is 0 Å². The first-order chi connectivity index (χ1) is 10.2. The van der Waals surface area contributed by atoms with Gasteiger partial charge < -0.3 is 5.32 Å². The van der Waals surface area contributed by atoms with Crippen LogP contribution >= 0.6 is 23.2 Å². The molecule has 0 amide bonds. The first-order valence-corrected chi connectivity index (χ1v) is 9.13. The molecule has 2 rings (SSSR count). The van der Waals surface area contributed by atoms with E-state index < -0.39 is 0 Å². The molecular formula is C16H27Cl2N3. The van der Waals surface area contributed by atoms with Gasteiger partial charge >= 0.3 is 0 Å². The van der Waals surface area contributed by atoms with Gasteiger partial charge in [0, 0.05) is 19.0 Å². The summed E-state index contributed by atoms with van der Waals surface area (Å²) in [6.07, 6.45) is 6.14. The molecule has 1 fully saturated rings. The highest BCUT2D eigenvalue weighted by Crippen LogP contribution is 2.30. The van der Waals surface area contributed by atoms with Crippen molar-refractivity contribution < 1.29 is 0 Å². The Morgan fingerprint density at radius 3 is 2.57 bits per heavy atom. The van der Waals surface area contributed by atoms with Crippen LogP contribution in [0.1, 0.15) is 50.9 Å². The minimum Gasteiger partial charge on any atom is -0.311 e. The smallest absolute Gasteiger partial charge is 0.0863 e. The Balaban J connectivity index is 1.92. The van der Waals surface area contributed by atoms with Crippen molar-refractivity contribution in [3.05, 3.63) is 16.4 Å². The molecule has 1 aliphatic carbocycles. The Bertz CT molecular complexity index is 445. The van der Waals surface area contributed by atoms with Gasteiger partial charge in [-0.15, -0.1) is 11.6 Å². The first kappa shape index (κ1) is 17.1. The molecule has 3 nitrogen and oxygen atoms in total. The lowest BCUT2D eigenvalue weighted by Gasteiger charge is -2.30. The molecule has 2 atom stereocenters. The fourth-order valence-corrected chi connectivity index (χ4v) is 4.06. The molecule has 1 saturated carbocycles. The summed E-state index contributed by atoms with van der Waals surface area (Å²) in [6.45, 7) is 6.90. The molecule has 1 aromatic heterocycles. The molecule has 5 heteroatoms. The predicted octanol–water partition coefficient (Wildman–Crippen LogP) is 4.25. The Labute approximate surface area is 138 Å². The first-order valence-electron chi connectivity index (χ1n) is 8.21. The van der Waals surface area contributed by atoms with Crippen molar-refractivity contribution in [1.82, 2.24) is 15.1 Å². The summed E-state index contributed by atoms with van der Waals surface area (Å²) < 4.78 is 2.02. The van der Waals surface area contributed by atoms with E-state index in [0.29, 0.717) is 11.8 Å². The van der Waals surface area contributed by atoms with E-state index in [4.69, 9.17) is 23.2 Å². The van der Waals surface area contributed by atoms with Gasteiger partial charge in [-0.25, -0.2) is 0 Å². The van der Waals surface area contributed by atoms with E-state index >= 15 is 0 Å². The molecule has 0 radical (unpaired) electrons. The Morgan fingerprint density at radius 2 is 1.95 bits per heavy atom. The standard InChI is InChI=1S/C16H27Cl2N3/c1-3-14-16(18)15(21(4-2)20-14)11-19-10-13-8-6-5-7-12(13)9-17/h12-13,19H,3-11H2,1-2H3. The highest BCUT2D eigenvalue weighted by molar-refractivity contribution is 6.31. The third-order valence-corrected chi connectivity index (χ3v) is 5.49. The van der Waals surface area contributed by atoms with Gasteiger partial charge in [-0.1, -0.05) is 31.4 Å². The van der Waals surface area contributed by atoms with Crippen molar-refractivity contribution >= 4 is 23.2 Å². The number of rotatable bonds is 7. The van der Waals surface area contributed by atoms with Gasteiger partial charge in [-0.3, -0.25) is 4.68 Å². The van der Waals surface area contributed by atoms with Crippen molar-refractivity contribution in [2.45, 2.75) is 59.0 Å². The summed E-state index contributed by atoms with van der Waals surface area (Å²) in [5.41, 5.74) is 2.13. The maximum atomic E-state index is 6.44. The minimum atomic E-state index is 0.672. The molecule has 1 aromatic rings. The second-order valence-corrected chi connectivity index (χ2v) is 6.65. The monoisotopic (exact) mass is 331 g/mol. The fraction of sp³-hybridized carbons (Fsp3) is 0.812. The molecule has 0 aromatic carbocycles. The number of nitrogens with one attached hydrogen (secondary N) is 1. The van der Waals surface area contributed by atoms with Gasteiger partial charge in [0.2, 0.25) is 0 Å². The van der Waals surface area contributed by atoms with Crippen molar-refractivity contribution in [2.75, 3.05) is 12.4 Å². The lowest BCUT2D eigenvalue weighted by Crippen LogP contribution is -2.31. The van der Waals surface area contributed by atoms with Crippen LogP contribution in [0.3, 0.4) is 0 Å². The van der Waals surface area contributed by atoms with Crippen molar-refractivity contribution in [3.8, 4) is 0 Å². The van der Waals surface area contributed by atoms with E-state index in [1.165, 1.54) is 25.7 Å². The second-order valence-electron chi connectivity index (χ2n) is 5.97. The van der Waals surface area contributed by atoms with Crippen LogP contribution in [0.2, 0.25) is 5.02 Å². The molecule has 0 spiro atoms. The van der Waals surface area contributed by atoms with E-state index in [9.17, 15) is 0 Å². The lowest BCUT2D eigenvalue weighted by molar-refractivity contribution is 0.250. The maximum absolute atomic E-state index is 6.44. The molecule has 0 saturated heterocycles. The molecule has 1 heterocycles. The zero-order valence-electron chi connectivity index (χ0n) is 13.2. The average Bonchev–Trinajstić information content (AvgIpc) is 2.83. The molecular weight excluding hydrogens is 305 g/mol. The topological polar surface area (TPSA) is 29.9 Å². The molecule has 120 valence electrons. The Morgan fingerprint density at radius 1 is 1.24 bits per heavy atom. The van der Waals surface area contributed by atoms with Crippen molar-refractivity contribution in [1.29, 1.82) is 0 Å². The van der Waals surface area contributed by atoms with E-state index in [2.05, 4.69) is 24.3 Å². The van der Waals surface area contributed by atoms with Gasteiger partial charge in [0.05, 0.1) is 16.4 Å². The summed E-state index contributed by atoms with van der Waals surface area (Å²) in [5, 5.41) is 8.99. The van der Waals surface area contributed by atoms with Crippen LogP contribution in [0.5, 0.6) is 0 Å². The summed E-state index contributed by atoms with van der Waals surface area (Å²) in [6, 6.07) is 0. The summed E-state index contributed by atoms with van der Waals surface area (Å²) in [4.78, 5) is 0. The quantitative estimate of drug-likeness (QED) is 0.757. The van der Waals surface area contributed by atoms with Gasteiger partial charge in [-0.2, -0.15) is 5.10 Å². The maximum Gasteiger partial charge on any atom is 0.0863 e. The third kappa shape index (κ3) is 4.14. The highest BCUT2D eigenvalue weighted by atomic mass is 35.5. The van der Waals surface area contributed by atoms with Gasteiger partial charge in [-0.05, 0) is 44.6 Å². The number of aryl methyl sites for hydroxylation is 2. The lowest BCUT2D eigenvalue weighted by atomic mass is 9.80. The van der Waals surface area contributed by atoms with Crippen LogP contribution in [0, 0.1) is 11.8 Å². The molecule has 0 aliphatic heterocycles. The molecule has 2 unspecified atom stereocenters. The van der Waals surface area contributed by atoms with Crippen molar-refractivity contribution in [3.63, 3.8) is 0 Å². The number of aromatic nitrogens is 2. The van der Waals surface area contributed by atoms with Crippen molar-refractivity contribution in [2.24, 2.45) is 11.8 Å². The van der Waals surface area contributed by atoms with Crippen LogP contribution in [-0.2, 0) is 19.5 Å². The SMILES string of the molecule is CCc1nn(CC)c(CNCC2CCCCC2CCl)c1Cl. The summed E-state index contributed by atoms with van der Waals surface area (Å²) in [5.74, 6) is 2.17. The zero-order valence-corrected chi connectivity index (χ0v) is 14.7. The number of alkyl halides is 1. The molecule has 21 heavy (non-hydrogen) atoms. The third-order valence-electron chi connectivity index (χ3n) is 4.66. The predicted molar refractivity (Wildman–Crippen MR) is 90.2 cm³/mol. The van der Waals surface area contributed by atoms with Gasteiger partial charge in [0.1, 0.15) is 0 Å². The van der Waals surface area contributed by atoms with Crippen LogP contribution in [0.4, 0.5) is 0 Å². The van der Waals surface area contributed by atoms with Crippen LogP contribution < -0.4 is 5.32 Å². The van der Waals surface area contributed by atoms with Crippen LogP contribution in [0.15, 0.2) is 0 Å². The Hall–Kier alpha value is -0.250. The highest BCUT2D eigenvalue weighted by Gasteiger charge is 2.24. The van der Waals surface area contributed by atoms with E-state index in [1.807, 2.05) is 4.68 Å². The summed E-state index contributed by atoms with van der Waals surface area (Å²) >= 11 is 12.5. The Kier molecular flexibility index (Phi) is 6.84. The number of hydrogen-bond acceptors (Lipinski definition) is 2. The minimum absolute atomic E-state index is 0.672. The normalized spacial score (nSPS) is 22.7. The second kappa shape index (κ2) is 8.40. The molecule has 0 bridgehead atoms. The molecule has 1 aliphatic rings. The molecule has 1 N–H and O–H groups in total. The summed E-state index contributed by atoms with van der Waals surface area (Å²) in [7, 11) is 0. The van der Waals surface area contributed by atoms with E-state index in [1.54, 1.807) is 0 Å². The number of nitrogens with zero attached hydrogens (tertiary/aromatic N) is 2. The number of halogens is 2. The van der Waals surface area contributed by atoms with Crippen LogP contribution in [0.25, 0.3) is 0 Å². The fourth-order valence-electron chi connectivity index (χ4n) is 3.32. The van der Waals surface area contributed by atoms with E-state index in [0.717, 1.165) is 48.3 Å². The van der Waals surface area contributed by atoms with Crippen LogP contribution in [-0.4, -0.2) is 22.2 Å². The zero-order chi connectivity index (χ0) is 15.2. The van der Waals surface area contributed by atoms with Gasteiger partial charge in [0.25, 0.3) is 0 Å². The average molecular weight is 332 g/mol. The van der Waals surface area contributed by atoms with Gasteiger partial charge in [0.15, 0.2) is 0 Å². The number of hydrogen-bond donors (Lipinski definition) is 1. The largest absolute Gasteiger partial charge is 0.311 e.